The van der Waals surface area contributed by atoms with E-state index in [1.54, 1.807) is 0 Å². The summed E-state index contributed by atoms with van der Waals surface area (Å²) in [6.07, 6.45) is 0.261. The number of halogens is 2. The maximum absolute atomic E-state index is 13.2. The number of aromatic nitrogens is 1. The third-order valence-electron chi connectivity index (χ3n) is 1.90. The zero-order valence-corrected chi connectivity index (χ0v) is 8.39. The molecule has 0 atom stereocenters. The molecule has 1 N–H and O–H groups in total. The Hall–Kier alpha value is -1.49. The Morgan fingerprint density at radius 2 is 2.13 bits per heavy atom. The van der Waals surface area contributed by atoms with Crippen molar-refractivity contribution in [3.8, 4) is 5.88 Å². The lowest BCUT2D eigenvalue weighted by Crippen LogP contribution is -1.92. The highest BCUT2D eigenvalue weighted by atomic mass is 32.1. The van der Waals surface area contributed by atoms with Crippen LogP contribution in [0.4, 0.5) is 8.78 Å². The lowest BCUT2D eigenvalue weighted by Gasteiger charge is -1.99. The molecule has 0 amide bonds. The molecule has 0 spiro atoms. The van der Waals surface area contributed by atoms with Gasteiger partial charge in [0.2, 0.25) is 5.88 Å². The highest BCUT2D eigenvalue weighted by molar-refractivity contribution is 7.09. The van der Waals surface area contributed by atoms with Gasteiger partial charge in [-0.15, -0.1) is 11.3 Å². The van der Waals surface area contributed by atoms with Gasteiger partial charge in [-0.05, 0) is 11.6 Å². The molecule has 1 aromatic heterocycles. The minimum Gasteiger partial charge on any atom is -0.493 e. The molecular formula is C10H7F2NOS. The minimum absolute atomic E-state index is 0.0717. The van der Waals surface area contributed by atoms with Crippen molar-refractivity contribution in [1.82, 2.24) is 4.98 Å². The number of hydrogen-bond donors (Lipinski definition) is 1. The largest absolute Gasteiger partial charge is 0.493 e. The van der Waals surface area contributed by atoms with Crippen molar-refractivity contribution in [1.29, 1.82) is 0 Å². The number of rotatable bonds is 2. The first kappa shape index (κ1) is 10.0. The van der Waals surface area contributed by atoms with Crippen molar-refractivity contribution in [2.45, 2.75) is 6.42 Å². The van der Waals surface area contributed by atoms with Gasteiger partial charge in [-0.25, -0.2) is 13.8 Å². The minimum atomic E-state index is -0.599. The van der Waals surface area contributed by atoms with Gasteiger partial charge in [0.05, 0.1) is 5.38 Å². The zero-order chi connectivity index (χ0) is 10.8. The number of aromatic hydroxyl groups is 1. The average Bonchev–Trinajstić information content (AvgIpc) is 2.56. The highest BCUT2D eigenvalue weighted by Gasteiger charge is 2.07. The van der Waals surface area contributed by atoms with E-state index in [9.17, 15) is 8.78 Å². The summed E-state index contributed by atoms with van der Waals surface area (Å²) in [6.45, 7) is 0. The maximum Gasteiger partial charge on any atom is 0.222 e. The van der Waals surface area contributed by atoms with Crippen molar-refractivity contribution in [3.05, 3.63) is 45.8 Å². The molecule has 2 rings (SSSR count). The third kappa shape index (κ3) is 2.30. The van der Waals surface area contributed by atoms with Crippen molar-refractivity contribution >= 4 is 11.3 Å². The molecule has 0 saturated heterocycles. The first-order valence-electron chi connectivity index (χ1n) is 4.22. The van der Waals surface area contributed by atoms with Gasteiger partial charge in [0.1, 0.15) is 16.6 Å². The highest BCUT2D eigenvalue weighted by Crippen LogP contribution is 2.20. The van der Waals surface area contributed by atoms with Crippen molar-refractivity contribution in [3.63, 3.8) is 0 Å². The predicted octanol–water partition coefficient (Wildman–Crippen LogP) is 2.72. The molecule has 0 aliphatic rings. The molecule has 0 unspecified atom stereocenters. The van der Waals surface area contributed by atoms with Crippen LogP contribution in [0.3, 0.4) is 0 Å². The number of hydrogen-bond acceptors (Lipinski definition) is 3. The molecule has 15 heavy (non-hydrogen) atoms. The Kier molecular flexibility index (Phi) is 2.64. The Labute approximate surface area is 88.8 Å². The SMILES string of the molecule is Oc1csc(Cc2ccc(F)cc2F)n1. The van der Waals surface area contributed by atoms with Crippen LogP contribution in [0.2, 0.25) is 0 Å². The molecule has 2 nitrogen and oxygen atoms in total. The van der Waals surface area contributed by atoms with E-state index in [0.29, 0.717) is 10.6 Å². The molecule has 2 aromatic rings. The van der Waals surface area contributed by atoms with Crippen LogP contribution in [0, 0.1) is 11.6 Å². The van der Waals surface area contributed by atoms with E-state index in [2.05, 4.69) is 4.98 Å². The Balaban J connectivity index is 2.24. The molecule has 1 aromatic carbocycles. The Bertz CT molecular complexity index is 484. The fourth-order valence-corrected chi connectivity index (χ4v) is 1.89. The topological polar surface area (TPSA) is 33.1 Å². The molecule has 1 heterocycles. The monoisotopic (exact) mass is 227 g/mol. The van der Waals surface area contributed by atoms with E-state index in [4.69, 9.17) is 5.11 Å². The van der Waals surface area contributed by atoms with Gasteiger partial charge in [0.25, 0.3) is 0 Å². The van der Waals surface area contributed by atoms with E-state index in [-0.39, 0.29) is 12.3 Å². The van der Waals surface area contributed by atoms with E-state index in [1.165, 1.54) is 28.8 Å². The second-order valence-electron chi connectivity index (χ2n) is 3.01. The van der Waals surface area contributed by atoms with Gasteiger partial charge in [-0.1, -0.05) is 6.07 Å². The summed E-state index contributed by atoms with van der Waals surface area (Å²) in [6, 6.07) is 3.41. The summed E-state index contributed by atoms with van der Waals surface area (Å²) in [5.41, 5.74) is 0.366. The van der Waals surface area contributed by atoms with Crippen LogP contribution in [0.1, 0.15) is 10.6 Å². The fraction of sp³-hybridized carbons (Fsp3) is 0.100. The van der Waals surface area contributed by atoms with E-state index >= 15 is 0 Å². The molecule has 0 saturated carbocycles. The summed E-state index contributed by atoms with van der Waals surface area (Å²) in [4.78, 5) is 3.78. The molecule has 0 fully saturated rings. The van der Waals surface area contributed by atoms with Gasteiger partial charge in [0.15, 0.2) is 0 Å². The van der Waals surface area contributed by atoms with Crippen LogP contribution in [-0.2, 0) is 6.42 Å². The van der Waals surface area contributed by atoms with Crippen LogP contribution in [0.5, 0.6) is 5.88 Å². The van der Waals surface area contributed by atoms with Gasteiger partial charge in [-0.2, -0.15) is 0 Å². The average molecular weight is 227 g/mol. The molecular weight excluding hydrogens is 220 g/mol. The Morgan fingerprint density at radius 1 is 1.33 bits per heavy atom. The summed E-state index contributed by atoms with van der Waals surface area (Å²) < 4.78 is 25.8. The number of thiazole rings is 1. The molecule has 0 bridgehead atoms. The summed E-state index contributed by atoms with van der Waals surface area (Å²) in [5.74, 6) is -1.26. The van der Waals surface area contributed by atoms with Crippen molar-refractivity contribution in [2.24, 2.45) is 0 Å². The second-order valence-corrected chi connectivity index (χ2v) is 3.95. The summed E-state index contributed by atoms with van der Waals surface area (Å²) in [7, 11) is 0. The smallest absolute Gasteiger partial charge is 0.222 e. The van der Waals surface area contributed by atoms with Crippen molar-refractivity contribution < 1.29 is 13.9 Å². The normalized spacial score (nSPS) is 10.5. The van der Waals surface area contributed by atoms with Gasteiger partial charge in [0, 0.05) is 12.5 Å². The number of nitrogens with zero attached hydrogens (tertiary/aromatic N) is 1. The van der Waals surface area contributed by atoms with Crippen LogP contribution >= 0.6 is 11.3 Å². The van der Waals surface area contributed by atoms with Gasteiger partial charge < -0.3 is 5.11 Å². The van der Waals surface area contributed by atoms with Crippen LogP contribution < -0.4 is 0 Å². The number of benzene rings is 1. The fourth-order valence-electron chi connectivity index (χ4n) is 1.21. The molecule has 78 valence electrons. The van der Waals surface area contributed by atoms with Crippen LogP contribution in [0.25, 0.3) is 0 Å². The predicted molar refractivity (Wildman–Crippen MR) is 52.9 cm³/mol. The first-order chi connectivity index (χ1) is 7.15. The first-order valence-corrected chi connectivity index (χ1v) is 5.10. The van der Waals surface area contributed by atoms with E-state index in [0.717, 1.165) is 6.07 Å². The summed E-state index contributed by atoms with van der Waals surface area (Å²) in [5, 5.41) is 11.1. The molecule has 0 aliphatic carbocycles. The quantitative estimate of drug-likeness (QED) is 0.855. The second kappa shape index (κ2) is 3.94. The van der Waals surface area contributed by atoms with Crippen LogP contribution in [-0.4, -0.2) is 10.1 Å². The maximum atomic E-state index is 13.2. The van der Waals surface area contributed by atoms with Crippen LogP contribution in [0.15, 0.2) is 23.6 Å². The standard InChI is InChI=1S/C10H7F2NOS/c11-7-2-1-6(8(12)4-7)3-10-13-9(14)5-15-10/h1-2,4-5,14H,3H2. The van der Waals surface area contributed by atoms with E-state index < -0.39 is 11.6 Å². The van der Waals surface area contributed by atoms with Gasteiger partial charge >= 0.3 is 0 Å². The Morgan fingerprint density at radius 3 is 2.73 bits per heavy atom. The van der Waals surface area contributed by atoms with Crippen molar-refractivity contribution in [2.75, 3.05) is 0 Å². The zero-order valence-electron chi connectivity index (χ0n) is 7.58. The lowest BCUT2D eigenvalue weighted by atomic mass is 10.1. The lowest BCUT2D eigenvalue weighted by molar-refractivity contribution is 0.456. The third-order valence-corrected chi connectivity index (χ3v) is 2.73. The van der Waals surface area contributed by atoms with E-state index in [1.807, 2.05) is 0 Å². The molecule has 5 heteroatoms. The molecule has 0 aliphatic heterocycles. The molecule has 0 radical (unpaired) electrons. The summed E-state index contributed by atoms with van der Waals surface area (Å²) >= 11 is 1.24. The van der Waals surface area contributed by atoms with Gasteiger partial charge in [-0.3, -0.25) is 0 Å².